The van der Waals surface area contributed by atoms with E-state index in [0.717, 1.165) is 45.1 Å². The lowest BCUT2D eigenvalue weighted by Gasteiger charge is -2.27. The highest BCUT2D eigenvalue weighted by Gasteiger charge is 2.09. The fourth-order valence-electron chi connectivity index (χ4n) is 2.42. The summed E-state index contributed by atoms with van der Waals surface area (Å²) in [6.07, 6.45) is 0. The van der Waals surface area contributed by atoms with Gasteiger partial charge in [0, 0.05) is 32.7 Å². The first kappa shape index (κ1) is 20.9. The zero-order chi connectivity index (χ0) is 18.8. The summed E-state index contributed by atoms with van der Waals surface area (Å²) in [4.78, 5) is 20.7. The molecule has 0 aromatic heterocycles. The third-order valence-electron chi connectivity index (χ3n) is 3.81. The van der Waals surface area contributed by atoms with E-state index in [4.69, 9.17) is 24.5 Å². The van der Waals surface area contributed by atoms with E-state index in [1.54, 1.807) is 0 Å². The van der Waals surface area contributed by atoms with Crippen LogP contribution in [0.3, 0.4) is 0 Å². The molecule has 140 valence electrons. The van der Waals surface area contributed by atoms with Gasteiger partial charge in [-0.05, 0) is 36.1 Å². The Kier molecular flexibility index (Phi) is 8.94. The summed E-state index contributed by atoms with van der Waals surface area (Å²) in [6, 6.07) is 6.55. The number of carboxylic acids is 2. The molecule has 0 atom stereocenters. The van der Waals surface area contributed by atoms with Crippen LogP contribution in [0.15, 0.2) is 18.2 Å². The standard InChI is InChI=1S/C16H26N2O.C2H2O4/c1-13(2)15-10-14(3)11-16(12-15)19-9-8-18-6-4-17-5-7-18;3-1(4)2(5)6/h10-13,17H,4-9H2,1-3H3;(H,3,4)(H,5,6). The van der Waals surface area contributed by atoms with Gasteiger partial charge in [-0.3, -0.25) is 4.90 Å². The van der Waals surface area contributed by atoms with Gasteiger partial charge in [-0.2, -0.15) is 0 Å². The van der Waals surface area contributed by atoms with Crippen LogP contribution in [0.4, 0.5) is 0 Å². The predicted octanol–water partition coefficient (Wildman–Crippen LogP) is 1.56. The molecule has 1 aliphatic rings. The van der Waals surface area contributed by atoms with Crippen LogP contribution in [0, 0.1) is 6.92 Å². The van der Waals surface area contributed by atoms with Crippen LogP contribution < -0.4 is 10.1 Å². The van der Waals surface area contributed by atoms with Crippen LogP contribution in [0.1, 0.15) is 30.9 Å². The van der Waals surface area contributed by atoms with Gasteiger partial charge in [0.1, 0.15) is 12.4 Å². The van der Waals surface area contributed by atoms with Crippen LogP contribution in [-0.2, 0) is 9.59 Å². The molecule has 0 bridgehead atoms. The van der Waals surface area contributed by atoms with Crippen LogP contribution >= 0.6 is 0 Å². The Labute approximate surface area is 148 Å². The highest BCUT2D eigenvalue weighted by atomic mass is 16.5. The van der Waals surface area contributed by atoms with E-state index in [2.05, 4.69) is 49.2 Å². The third-order valence-corrected chi connectivity index (χ3v) is 3.81. The SMILES string of the molecule is Cc1cc(OCCN2CCNCC2)cc(C(C)C)c1.O=C(O)C(=O)O. The lowest BCUT2D eigenvalue weighted by molar-refractivity contribution is -0.159. The minimum absolute atomic E-state index is 0.551. The van der Waals surface area contributed by atoms with Crippen molar-refractivity contribution in [2.45, 2.75) is 26.7 Å². The number of hydrogen-bond acceptors (Lipinski definition) is 5. The molecular weight excluding hydrogens is 324 g/mol. The second kappa shape index (κ2) is 10.7. The highest BCUT2D eigenvalue weighted by Crippen LogP contribution is 2.22. The first-order valence-corrected chi connectivity index (χ1v) is 8.43. The van der Waals surface area contributed by atoms with E-state index in [1.165, 1.54) is 11.1 Å². The molecule has 25 heavy (non-hydrogen) atoms. The summed E-state index contributed by atoms with van der Waals surface area (Å²) >= 11 is 0. The molecule has 1 saturated heterocycles. The zero-order valence-electron chi connectivity index (χ0n) is 15.1. The summed E-state index contributed by atoms with van der Waals surface area (Å²) in [7, 11) is 0. The summed E-state index contributed by atoms with van der Waals surface area (Å²) in [5.74, 6) is -2.08. The summed E-state index contributed by atoms with van der Waals surface area (Å²) < 4.78 is 5.92. The monoisotopic (exact) mass is 352 g/mol. The number of carbonyl (C=O) groups is 2. The maximum Gasteiger partial charge on any atom is 0.414 e. The number of hydrogen-bond donors (Lipinski definition) is 3. The van der Waals surface area contributed by atoms with Crippen molar-refractivity contribution in [3.05, 3.63) is 29.3 Å². The molecule has 0 unspecified atom stereocenters. The molecule has 1 heterocycles. The first-order valence-electron chi connectivity index (χ1n) is 8.43. The third kappa shape index (κ3) is 8.51. The topological polar surface area (TPSA) is 99.1 Å². The lowest BCUT2D eigenvalue weighted by atomic mass is 10.0. The second-order valence-electron chi connectivity index (χ2n) is 6.28. The zero-order valence-corrected chi connectivity index (χ0v) is 15.1. The van der Waals surface area contributed by atoms with Crippen molar-refractivity contribution in [2.24, 2.45) is 0 Å². The Morgan fingerprint density at radius 1 is 1.16 bits per heavy atom. The van der Waals surface area contributed by atoms with Gasteiger partial charge in [-0.1, -0.05) is 19.9 Å². The number of carboxylic acid groups (broad SMARTS) is 2. The first-order chi connectivity index (χ1) is 11.8. The van der Waals surface area contributed by atoms with E-state index in [9.17, 15) is 0 Å². The minimum Gasteiger partial charge on any atom is -0.492 e. The predicted molar refractivity (Wildman–Crippen MR) is 95.3 cm³/mol. The highest BCUT2D eigenvalue weighted by molar-refractivity contribution is 6.27. The van der Waals surface area contributed by atoms with Crippen molar-refractivity contribution in [1.82, 2.24) is 10.2 Å². The lowest BCUT2D eigenvalue weighted by Crippen LogP contribution is -2.44. The number of benzene rings is 1. The van der Waals surface area contributed by atoms with Crippen molar-refractivity contribution < 1.29 is 24.5 Å². The molecule has 0 radical (unpaired) electrons. The molecule has 0 amide bonds. The molecule has 1 fully saturated rings. The van der Waals surface area contributed by atoms with Gasteiger partial charge in [0.25, 0.3) is 0 Å². The van der Waals surface area contributed by atoms with Crippen LogP contribution in [0.2, 0.25) is 0 Å². The summed E-state index contributed by atoms with van der Waals surface area (Å²) in [5.41, 5.74) is 2.64. The Hall–Kier alpha value is -2.12. The number of aliphatic carboxylic acids is 2. The maximum absolute atomic E-state index is 9.10. The van der Waals surface area contributed by atoms with Gasteiger partial charge in [0.05, 0.1) is 0 Å². The molecule has 0 spiro atoms. The molecule has 0 saturated carbocycles. The normalized spacial score (nSPS) is 14.6. The van der Waals surface area contributed by atoms with Gasteiger partial charge < -0.3 is 20.3 Å². The number of nitrogens with zero attached hydrogens (tertiary/aromatic N) is 1. The molecule has 0 aliphatic carbocycles. The van der Waals surface area contributed by atoms with E-state index >= 15 is 0 Å². The van der Waals surface area contributed by atoms with E-state index in [0.29, 0.717) is 5.92 Å². The van der Waals surface area contributed by atoms with Crippen LogP contribution in [0.5, 0.6) is 5.75 Å². The quantitative estimate of drug-likeness (QED) is 0.692. The number of rotatable bonds is 5. The smallest absolute Gasteiger partial charge is 0.414 e. The van der Waals surface area contributed by atoms with Gasteiger partial charge in [0.15, 0.2) is 0 Å². The molecule has 7 heteroatoms. The van der Waals surface area contributed by atoms with Gasteiger partial charge in [-0.25, -0.2) is 9.59 Å². The van der Waals surface area contributed by atoms with Crippen LogP contribution in [0.25, 0.3) is 0 Å². The molecule has 1 aromatic carbocycles. The summed E-state index contributed by atoms with van der Waals surface area (Å²) in [5, 5.41) is 18.2. The molecule has 3 N–H and O–H groups in total. The van der Waals surface area contributed by atoms with Gasteiger partial charge in [0.2, 0.25) is 0 Å². The van der Waals surface area contributed by atoms with E-state index in [-0.39, 0.29) is 0 Å². The molecular formula is C18H28N2O5. The fraction of sp³-hybridized carbons (Fsp3) is 0.556. The van der Waals surface area contributed by atoms with Crippen molar-refractivity contribution in [2.75, 3.05) is 39.3 Å². The number of nitrogens with one attached hydrogen (secondary N) is 1. The molecule has 2 rings (SSSR count). The van der Waals surface area contributed by atoms with E-state index < -0.39 is 11.9 Å². The van der Waals surface area contributed by atoms with Crippen molar-refractivity contribution >= 4 is 11.9 Å². The molecule has 1 aliphatic heterocycles. The van der Waals surface area contributed by atoms with Crippen molar-refractivity contribution in [1.29, 1.82) is 0 Å². The number of ether oxygens (including phenoxy) is 1. The average Bonchev–Trinajstić information content (AvgIpc) is 2.56. The Morgan fingerprint density at radius 2 is 1.76 bits per heavy atom. The molecule has 7 nitrogen and oxygen atoms in total. The Morgan fingerprint density at radius 3 is 2.28 bits per heavy atom. The second-order valence-corrected chi connectivity index (χ2v) is 6.28. The van der Waals surface area contributed by atoms with Crippen molar-refractivity contribution in [3.63, 3.8) is 0 Å². The Bertz CT molecular complexity index is 557. The number of piperazine rings is 1. The van der Waals surface area contributed by atoms with E-state index in [1.807, 2.05) is 0 Å². The summed E-state index contributed by atoms with van der Waals surface area (Å²) in [6.45, 7) is 12.8. The average molecular weight is 352 g/mol. The van der Waals surface area contributed by atoms with Gasteiger partial charge in [-0.15, -0.1) is 0 Å². The van der Waals surface area contributed by atoms with Crippen LogP contribution in [-0.4, -0.2) is 66.4 Å². The minimum atomic E-state index is -1.82. The Balaban J connectivity index is 0.000000450. The maximum atomic E-state index is 9.10. The number of aryl methyl sites for hydroxylation is 1. The van der Waals surface area contributed by atoms with Gasteiger partial charge >= 0.3 is 11.9 Å². The van der Waals surface area contributed by atoms with Crippen molar-refractivity contribution in [3.8, 4) is 5.75 Å². The largest absolute Gasteiger partial charge is 0.492 e. The fourth-order valence-corrected chi connectivity index (χ4v) is 2.42. The molecule has 1 aromatic rings.